The number of furan rings is 1. The van der Waals surface area contributed by atoms with Gasteiger partial charge in [0, 0.05) is 30.1 Å². The number of fused-ring (bicyclic) bond motifs is 1. The summed E-state index contributed by atoms with van der Waals surface area (Å²) in [6.45, 7) is 3.91. The summed E-state index contributed by atoms with van der Waals surface area (Å²) in [6, 6.07) is 16.6. The molecule has 0 unspecified atom stereocenters. The highest BCUT2D eigenvalue weighted by Gasteiger charge is 2.31. The Bertz CT molecular complexity index is 1570. The highest BCUT2D eigenvalue weighted by Crippen LogP contribution is 2.31. The van der Waals surface area contributed by atoms with E-state index in [4.69, 9.17) is 13.9 Å². The number of tetrazole rings is 1. The molecule has 1 N–H and O–H groups in total. The van der Waals surface area contributed by atoms with E-state index in [1.54, 1.807) is 36.3 Å². The summed E-state index contributed by atoms with van der Waals surface area (Å²) in [5.74, 6) is 1.52. The molecule has 39 heavy (non-hydrogen) atoms. The Hall–Kier alpha value is -4.35. The van der Waals surface area contributed by atoms with Crippen molar-refractivity contribution >= 4 is 10.9 Å². The van der Waals surface area contributed by atoms with Gasteiger partial charge in [0.05, 0.1) is 32.6 Å². The average Bonchev–Trinajstić information content (AvgIpc) is 3.62. The fourth-order valence-corrected chi connectivity index (χ4v) is 4.57. The third-order valence-corrected chi connectivity index (χ3v) is 6.36. The molecule has 0 aliphatic carbocycles. The van der Waals surface area contributed by atoms with Gasteiger partial charge in [-0.3, -0.25) is 9.69 Å². The second-order valence-corrected chi connectivity index (χ2v) is 9.00. The molecule has 11 heteroatoms. The maximum absolute atomic E-state index is 13.7. The fourth-order valence-electron chi connectivity index (χ4n) is 4.57. The monoisotopic (exact) mass is 532 g/mol. The summed E-state index contributed by atoms with van der Waals surface area (Å²) >= 11 is 0. The molecule has 0 fully saturated rings. The van der Waals surface area contributed by atoms with Crippen LogP contribution in [0, 0.1) is 5.82 Å². The Balaban J connectivity index is 1.67. The zero-order chi connectivity index (χ0) is 27.2. The first kappa shape index (κ1) is 26.3. The minimum Gasteiger partial charge on any atom is -0.494 e. The van der Waals surface area contributed by atoms with Crippen molar-refractivity contribution in [1.82, 2.24) is 30.1 Å². The maximum Gasteiger partial charge on any atom is 0.253 e. The summed E-state index contributed by atoms with van der Waals surface area (Å²) in [6.07, 6.45) is 1.60. The number of methoxy groups -OCH3 is 1. The van der Waals surface area contributed by atoms with E-state index in [1.165, 1.54) is 12.1 Å². The maximum atomic E-state index is 13.7. The van der Waals surface area contributed by atoms with Crippen LogP contribution in [-0.2, 0) is 24.4 Å². The third-order valence-electron chi connectivity index (χ3n) is 6.36. The molecule has 202 valence electrons. The number of halogens is 1. The van der Waals surface area contributed by atoms with Crippen molar-refractivity contribution < 1.29 is 18.3 Å². The lowest BCUT2D eigenvalue weighted by Gasteiger charge is -2.30. The second-order valence-electron chi connectivity index (χ2n) is 9.00. The molecule has 0 saturated carbocycles. The van der Waals surface area contributed by atoms with E-state index in [1.807, 2.05) is 42.2 Å². The predicted octanol–water partition coefficient (Wildman–Crippen LogP) is 4.08. The summed E-state index contributed by atoms with van der Waals surface area (Å²) in [4.78, 5) is 18.7. The lowest BCUT2D eigenvalue weighted by atomic mass is 10.0. The zero-order valence-electron chi connectivity index (χ0n) is 21.7. The molecule has 0 bridgehead atoms. The number of aromatic amines is 1. The third kappa shape index (κ3) is 6.05. The van der Waals surface area contributed by atoms with Gasteiger partial charge in [0.1, 0.15) is 23.4 Å². The Morgan fingerprint density at radius 1 is 1.13 bits per heavy atom. The summed E-state index contributed by atoms with van der Waals surface area (Å²) < 4.78 is 32.0. The minimum absolute atomic E-state index is 0.276. The predicted molar refractivity (Wildman–Crippen MR) is 142 cm³/mol. The van der Waals surface area contributed by atoms with E-state index in [-0.39, 0.29) is 11.4 Å². The molecule has 0 amide bonds. The van der Waals surface area contributed by atoms with E-state index in [0.29, 0.717) is 61.3 Å². The van der Waals surface area contributed by atoms with Gasteiger partial charge in [-0.05, 0) is 71.4 Å². The van der Waals surface area contributed by atoms with Crippen LogP contribution in [0.2, 0.25) is 0 Å². The first-order valence-electron chi connectivity index (χ1n) is 12.6. The summed E-state index contributed by atoms with van der Waals surface area (Å²) in [7, 11) is 1.60. The molecule has 0 aliphatic heterocycles. The van der Waals surface area contributed by atoms with Crippen LogP contribution in [0.1, 0.15) is 35.7 Å². The quantitative estimate of drug-likeness (QED) is 0.256. The molecule has 0 aliphatic rings. The number of rotatable bonds is 12. The Labute approximate surface area is 224 Å². The first-order chi connectivity index (χ1) is 19.1. The molecular weight excluding hydrogens is 503 g/mol. The smallest absolute Gasteiger partial charge is 0.253 e. The summed E-state index contributed by atoms with van der Waals surface area (Å²) in [5.41, 5.74) is 1.69. The number of ether oxygens (including phenoxy) is 2. The summed E-state index contributed by atoms with van der Waals surface area (Å²) in [5, 5.41) is 13.3. The number of nitrogens with one attached hydrogen (secondary N) is 1. The van der Waals surface area contributed by atoms with E-state index in [9.17, 15) is 9.18 Å². The van der Waals surface area contributed by atoms with Gasteiger partial charge in [-0.15, -0.1) is 5.10 Å². The SMILES string of the molecule is CCOc1ccc2[nH]c(=O)c([C@@H](c3nnnn3CCOC)N(Cc3ccc(F)cc3)Cc3ccco3)cc2c1. The molecule has 0 spiro atoms. The largest absolute Gasteiger partial charge is 0.494 e. The van der Waals surface area contributed by atoms with Gasteiger partial charge >= 0.3 is 0 Å². The Morgan fingerprint density at radius 2 is 1.97 bits per heavy atom. The van der Waals surface area contributed by atoms with E-state index in [0.717, 1.165) is 10.9 Å². The van der Waals surface area contributed by atoms with Crippen molar-refractivity contribution in [3.8, 4) is 5.75 Å². The van der Waals surface area contributed by atoms with E-state index < -0.39 is 6.04 Å². The number of hydrogen-bond donors (Lipinski definition) is 1. The van der Waals surface area contributed by atoms with Gasteiger partial charge in [0.25, 0.3) is 5.56 Å². The number of hydrogen-bond acceptors (Lipinski definition) is 8. The van der Waals surface area contributed by atoms with Gasteiger partial charge in [-0.1, -0.05) is 12.1 Å². The van der Waals surface area contributed by atoms with Crippen LogP contribution in [0.4, 0.5) is 4.39 Å². The Morgan fingerprint density at radius 3 is 2.72 bits per heavy atom. The van der Waals surface area contributed by atoms with Crippen molar-refractivity contribution in [3.63, 3.8) is 0 Å². The first-order valence-corrected chi connectivity index (χ1v) is 12.6. The minimum atomic E-state index is -0.684. The van der Waals surface area contributed by atoms with Gasteiger partial charge in [-0.25, -0.2) is 9.07 Å². The second kappa shape index (κ2) is 12.0. The molecular formula is C28H29FN6O4. The zero-order valence-corrected chi connectivity index (χ0v) is 21.7. The molecule has 0 radical (unpaired) electrons. The molecule has 1 atom stereocenters. The standard InChI is InChI=1S/C28H29FN6O4/c1-3-38-22-10-11-25-20(15-22)16-24(28(36)30-25)26(27-31-32-33-35(27)12-14-37-2)34(18-23-5-4-13-39-23)17-19-6-8-21(29)9-7-19/h4-11,13,15-16,26H,3,12,14,17-18H2,1-2H3,(H,30,36)/t26-/m0/s1. The van der Waals surface area contributed by atoms with Gasteiger partial charge in [-0.2, -0.15) is 0 Å². The van der Waals surface area contributed by atoms with Gasteiger partial charge in [0.15, 0.2) is 5.82 Å². The van der Waals surface area contributed by atoms with Crippen molar-refractivity contribution in [3.05, 3.63) is 106 Å². The van der Waals surface area contributed by atoms with Crippen molar-refractivity contribution in [2.45, 2.75) is 32.6 Å². The highest BCUT2D eigenvalue weighted by atomic mass is 19.1. The fraction of sp³-hybridized carbons (Fsp3) is 0.286. The molecule has 2 aromatic carbocycles. The number of H-pyrrole nitrogens is 1. The van der Waals surface area contributed by atoms with Crippen LogP contribution in [0.3, 0.4) is 0 Å². The molecule has 10 nitrogen and oxygen atoms in total. The van der Waals surface area contributed by atoms with Gasteiger partial charge < -0.3 is 18.9 Å². The molecule has 5 rings (SSSR count). The van der Waals surface area contributed by atoms with E-state index in [2.05, 4.69) is 20.5 Å². The van der Waals surface area contributed by atoms with Crippen LogP contribution >= 0.6 is 0 Å². The lowest BCUT2D eigenvalue weighted by molar-refractivity contribution is 0.163. The van der Waals surface area contributed by atoms with Crippen LogP contribution in [0.5, 0.6) is 5.75 Å². The normalized spacial score (nSPS) is 12.3. The van der Waals surface area contributed by atoms with Crippen LogP contribution < -0.4 is 10.3 Å². The Kier molecular flexibility index (Phi) is 8.09. The molecule has 0 saturated heterocycles. The number of pyridine rings is 1. The molecule has 5 aromatic rings. The van der Waals surface area contributed by atoms with Crippen LogP contribution in [-0.4, -0.2) is 50.4 Å². The van der Waals surface area contributed by atoms with Crippen LogP contribution in [0.15, 0.2) is 76.1 Å². The highest BCUT2D eigenvalue weighted by molar-refractivity contribution is 5.80. The molecule has 3 aromatic heterocycles. The molecule has 3 heterocycles. The van der Waals surface area contributed by atoms with Crippen molar-refractivity contribution in [1.29, 1.82) is 0 Å². The van der Waals surface area contributed by atoms with E-state index >= 15 is 0 Å². The topological polar surface area (TPSA) is 111 Å². The average molecular weight is 533 g/mol. The van der Waals surface area contributed by atoms with Crippen molar-refractivity contribution in [2.24, 2.45) is 0 Å². The van der Waals surface area contributed by atoms with Gasteiger partial charge in [0.2, 0.25) is 0 Å². The number of nitrogens with zero attached hydrogens (tertiary/aromatic N) is 5. The number of aromatic nitrogens is 5. The lowest BCUT2D eigenvalue weighted by Crippen LogP contribution is -2.35. The number of benzene rings is 2. The van der Waals surface area contributed by atoms with Crippen molar-refractivity contribution in [2.75, 3.05) is 20.3 Å². The van der Waals surface area contributed by atoms with Crippen LogP contribution in [0.25, 0.3) is 10.9 Å².